The number of benzene rings is 2. The molecule has 0 bridgehead atoms. The molecule has 0 amide bonds. The molecule has 0 aromatic heterocycles. The van der Waals surface area contributed by atoms with Crippen molar-refractivity contribution in [3.8, 4) is 0 Å². The Kier molecular flexibility index (Phi) is 4.32. The summed E-state index contributed by atoms with van der Waals surface area (Å²) in [6, 6.07) is 11.9. The van der Waals surface area contributed by atoms with Gasteiger partial charge in [-0.25, -0.2) is 8.42 Å². The number of nitrogen functional groups attached to an aromatic ring is 1. The van der Waals surface area contributed by atoms with Crippen LogP contribution in [-0.4, -0.2) is 8.42 Å². The summed E-state index contributed by atoms with van der Waals surface area (Å²) in [6.07, 6.45) is 0. The number of sulfone groups is 1. The number of hydrogen-bond donors (Lipinski definition) is 1. The SMILES string of the molecule is Nc1cccc(Br)c1CS(=O)(=O)c1cccc(Br)c1. The summed E-state index contributed by atoms with van der Waals surface area (Å²) in [5.41, 5.74) is 6.88. The highest BCUT2D eigenvalue weighted by Crippen LogP contribution is 2.28. The Labute approximate surface area is 129 Å². The zero-order valence-corrected chi connectivity index (χ0v) is 13.8. The van der Waals surface area contributed by atoms with Crippen LogP contribution < -0.4 is 5.73 Å². The molecular weight excluding hydrogens is 394 g/mol. The van der Waals surface area contributed by atoms with Crippen LogP contribution in [-0.2, 0) is 15.6 Å². The highest BCUT2D eigenvalue weighted by molar-refractivity contribution is 9.10. The Morgan fingerprint density at radius 3 is 2.37 bits per heavy atom. The zero-order valence-electron chi connectivity index (χ0n) is 9.81. The van der Waals surface area contributed by atoms with Crippen molar-refractivity contribution < 1.29 is 8.42 Å². The summed E-state index contributed by atoms with van der Waals surface area (Å²) in [4.78, 5) is 0.275. The normalized spacial score (nSPS) is 11.5. The van der Waals surface area contributed by atoms with Crippen molar-refractivity contribution in [2.24, 2.45) is 0 Å². The molecule has 0 aliphatic heterocycles. The molecule has 2 rings (SSSR count). The van der Waals surface area contributed by atoms with E-state index in [1.54, 1.807) is 42.5 Å². The van der Waals surface area contributed by atoms with E-state index in [2.05, 4.69) is 31.9 Å². The highest BCUT2D eigenvalue weighted by Gasteiger charge is 2.18. The van der Waals surface area contributed by atoms with Gasteiger partial charge in [0.05, 0.1) is 10.6 Å². The average molecular weight is 405 g/mol. The van der Waals surface area contributed by atoms with Gasteiger partial charge in [-0.2, -0.15) is 0 Å². The first-order valence-corrected chi connectivity index (χ1v) is 8.65. The van der Waals surface area contributed by atoms with Crippen molar-refractivity contribution in [2.45, 2.75) is 10.6 Å². The summed E-state index contributed by atoms with van der Waals surface area (Å²) in [5, 5.41) is 0. The lowest BCUT2D eigenvalue weighted by Gasteiger charge is -2.09. The first-order chi connectivity index (χ1) is 8.90. The molecule has 0 radical (unpaired) electrons. The van der Waals surface area contributed by atoms with Gasteiger partial charge in [0, 0.05) is 20.2 Å². The van der Waals surface area contributed by atoms with E-state index in [4.69, 9.17) is 5.73 Å². The van der Waals surface area contributed by atoms with Crippen molar-refractivity contribution in [3.05, 3.63) is 57.0 Å². The third-order valence-corrected chi connectivity index (χ3v) is 5.52. The second kappa shape index (κ2) is 5.64. The van der Waals surface area contributed by atoms with Crippen molar-refractivity contribution in [3.63, 3.8) is 0 Å². The Bertz CT molecular complexity index is 694. The third-order valence-electron chi connectivity index (χ3n) is 2.64. The molecule has 0 fully saturated rings. The van der Waals surface area contributed by atoms with E-state index in [0.29, 0.717) is 15.7 Å². The van der Waals surface area contributed by atoms with E-state index in [1.165, 1.54) is 0 Å². The van der Waals surface area contributed by atoms with Crippen LogP contribution in [0.2, 0.25) is 0 Å². The number of rotatable bonds is 3. The van der Waals surface area contributed by atoms with E-state index in [0.717, 1.165) is 4.47 Å². The molecule has 2 N–H and O–H groups in total. The quantitative estimate of drug-likeness (QED) is 0.792. The standard InChI is InChI=1S/C13H11Br2NO2S/c14-9-3-1-4-10(7-9)19(17,18)8-11-12(15)5-2-6-13(11)16/h1-7H,8,16H2. The van der Waals surface area contributed by atoms with Crippen molar-refractivity contribution >= 4 is 47.4 Å². The third kappa shape index (κ3) is 3.38. The van der Waals surface area contributed by atoms with Crippen LogP contribution in [0.5, 0.6) is 0 Å². The van der Waals surface area contributed by atoms with Gasteiger partial charge in [0.2, 0.25) is 0 Å². The van der Waals surface area contributed by atoms with Gasteiger partial charge >= 0.3 is 0 Å². The summed E-state index contributed by atoms with van der Waals surface area (Å²) < 4.78 is 26.2. The van der Waals surface area contributed by atoms with Crippen molar-refractivity contribution in [1.82, 2.24) is 0 Å². The number of halogens is 2. The van der Waals surface area contributed by atoms with Crippen LogP contribution in [0.3, 0.4) is 0 Å². The van der Waals surface area contributed by atoms with Crippen molar-refractivity contribution in [2.75, 3.05) is 5.73 Å². The molecular formula is C13H11Br2NO2S. The van der Waals surface area contributed by atoms with E-state index in [1.807, 2.05) is 0 Å². The maximum absolute atomic E-state index is 12.4. The van der Waals surface area contributed by atoms with E-state index in [9.17, 15) is 8.42 Å². The molecule has 2 aromatic carbocycles. The Hall–Kier alpha value is -0.850. The fourth-order valence-electron chi connectivity index (χ4n) is 1.66. The minimum Gasteiger partial charge on any atom is -0.398 e. The molecule has 100 valence electrons. The average Bonchev–Trinajstić information content (AvgIpc) is 2.34. The van der Waals surface area contributed by atoms with Crippen molar-refractivity contribution in [1.29, 1.82) is 0 Å². The highest BCUT2D eigenvalue weighted by atomic mass is 79.9. The molecule has 0 aliphatic rings. The second-order valence-electron chi connectivity index (χ2n) is 4.02. The molecule has 0 spiro atoms. The largest absolute Gasteiger partial charge is 0.398 e. The minimum atomic E-state index is -3.42. The van der Waals surface area contributed by atoms with Gasteiger partial charge in [-0.1, -0.05) is 44.0 Å². The lowest BCUT2D eigenvalue weighted by Crippen LogP contribution is -2.07. The summed E-state index contributed by atoms with van der Waals surface area (Å²) >= 11 is 6.60. The molecule has 0 saturated carbocycles. The van der Waals surface area contributed by atoms with E-state index in [-0.39, 0.29) is 10.6 Å². The first-order valence-electron chi connectivity index (χ1n) is 5.41. The maximum atomic E-state index is 12.4. The predicted octanol–water partition coefficient (Wildman–Crippen LogP) is 3.77. The molecule has 2 aromatic rings. The fraction of sp³-hybridized carbons (Fsp3) is 0.0769. The Morgan fingerprint density at radius 2 is 1.74 bits per heavy atom. The van der Waals surface area contributed by atoms with Gasteiger partial charge in [0.1, 0.15) is 0 Å². The zero-order chi connectivity index (χ0) is 14.0. The molecule has 0 unspecified atom stereocenters. The smallest absolute Gasteiger partial charge is 0.182 e. The molecule has 0 atom stereocenters. The molecule has 19 heavy (non-hydrogen) atoms. The van der Waals surface area contributed by atoms with Crippen LogP contribution in [0.1, 0.15) is 5.56 Å². The fourth-order valence-corrected chi connectivity index (χ4v) is 4.38. The van der Waals surface area contributed by atoms with Crippen LogP contribution in [0.4, 0.5) is 5.69 Å². The monoisotopic (exact) mass is 403 g/mol. The molecule has 0 aliphatic carbocycles. The number of nitrogens with two attached hydrogens (primary N) is 1. The van der Waals surface area contributed by atoms with Gasteiger partial charge in [-0.3, -0.25) is 0 Å². The lowest BCUT2D eigenvalue weighted by atomic mass is 10.2. The maximum Gasteiger partial charge on any atom is 0.182 e. The molecule has 0 saturated heterocycles. The lowest BCUT2D eigenvalue weighted by molar-refractivity contribution is 0.595. The molecule has 6 heteroatoms. The van der Waals surface area contributed by atoms with E-state index < -0.39 is 9.84 Å². The number of anilines is 1. The van der Waals surface area contributed by atoms with E-state index >= 15 is 0 Å². The Balaban J connectivity index is 2.42. The molecule has 0 heterocycles. The number of hydrogen-bond acceptors (Lipinski definition) is 3. The predicted molar refractivity (Wildman–Crippen MR) is 83.6 cm³/mol. The van der Waals surface area contributed by atoms with Gasteiger partial charge in [-0.05, 0) is 30.3 Å². The van der Waals surface area contributed by atoms with Crippen LogP contribution in [0.25, 0.3) is 0 Å². The van der Waals surface area contributed by atoms with Crippen LogP contribution in [0, 0.1) is 0 Å². The molecule has 3 nitrogen and oxygen atoms in total. The van der Waals surface area contributed by atoms with Crippen LogP contribution >= 0.6 is 31.9 Å². The summed E-state index contributed by atoms with van der Waals surface area (Å²) in [5.74, 6) is -0.128. The van der Waals surface area contributed by atoms with Crippen LogP contribution in [0.15, 0.2) is 56.3 Å². The topological polar surface area (TPSA) is 60.2 Å². The summed E-state index contributed by atoms with van der Waals surface area (Å²) in [6.45, 7) is 0. The van der Waals surface area contributed by atoms with Gasteiger partial charge < -0.3 is 5.73 Å². The Morgan fingerprint density at radius 1 is 1.05 bits per heavy atom. The van der Waals surface area contributed by atoms with Gasteiger partial charge in [0.25, 0.3) is 0 Å². The first kappa shape index (κ1) is 14.6. The van der Waals surface area contributed by atoms with Gasteiger partial charge in [-0.15, -0.1) is 0 Å². The summed E-state index contributed by atoms with van der Waals surface area (Å²) in [7, 11) is -3.42. The van der Waals surface area contributed by atoms with Gasteiger partial charge in [0.15, 0.2) is 9.84 Å². The second-order valence-corrected chi connectivity index (χ2v) is 7.78. The minimum absolute atomic E-state index is 0.128.